The molecule has 40 heavy (non-hydrogen) atoms. The lowest BCUT2D eigenvalue weighted by Crippen LogP contribution is -2.40. The maximum Gasteiger partial charge on any atom is 0.270 e. The van der Waals surface area contributed by atoms with Crippen molar-refractivity contribution in [1.29, 1.82) is 0 Å². The van der Waals surface area contributed by atoms with Crippen molar-refractivity contribution in [3.05, 3.63) is 132 Å². The number of carbonyl (C=O) groups excluding carboxylic acids is 1. The number of sulfonamides is 1. The van der Waals surface area contributed by atoms with Gasteiger partial charge in [-0.05, 0) is 61.2 Å². The van der Waals surface area contributed by atoms with Crippen molar-refractivity contribution in [2.75, 3.05) is 10.2 Å². The van der Waals surface area contributed by atoms with Crippen molar-refractivity contribution < 1.29 is 13.2 Å². The Labute approximate surface area is 240 Å². The Morgan fingerprint density at radius 3 is 2.10 bits per heavy atom. The minimum Gasteiger partial charge on any atom is -0.347 e. The van der Waals surface area contributed by atoms with Crippen molar-refractivity contribution in [2.45, 2.75) is 30.6 Å². The number of nitrogens with zero attached hydrogens (tertiary/aromatic N) is 2. The molecule has 0 spiro atoms. The second-order valence-electron chi connectivity index (χ2n) is 9.83. The van der Waals surface area contributed by atoms with Crippen LogP contribution in [0.3, 0.4) is 0 Å². The predicted molar refractivity (Wildman–Crippen MR) is 163 cm³/mol. The van der Waals surface area contributed by atoms with Crippen molar-refractivity contribution >= 4 is 44.1 Å². The third-order valence-electron chi connectivity index (χ3n) is 7.24. The number of hydrogen-bond acceptors (Lipinski definition) is 3. The first kappa shape index (κ1) is 27.7. The van der Waals surface area contributed by atoms with Crippen LogP contribution in [0, 0.1) is 6.92 Å². The van der Waals surface area contributed by atoms with Gasteiger partial charge in [0, 0.05) is 29.5 Å². The Kier molecular flexibility index (Phi) is 8.10. The normalized spacial score (nSPS) is 12.4. The second-order valence-corrected chi connectivity index (χ2v) is 12.0. The summed E-state index contributed by atoms with van der Waals surface area (Å²) >= 11 is 6.12. The SMILES string of the molecule is Cc1ccc(S(=O)(=O)N(C(=O)C(c2ccccc2)c2c(CCCCl)n(C)c3ccccc23)c2ccccc2)cc1. The first-order valence-corrected chi connectivity index (χ1v) is 15.2. The maximum atomic E-state index is 14.9. The molecule has 0 N–H and O–H groups in total. The van der Waals surface area contributed by atoms with Crippen LogP contribution in [0.5, 0.6) is 0 Å². The Balaban J connectivity index is 1.79. The quantitative estimate of drug-likeness (QED) is 0.176. The van der Waals surface area contributed by atoms with Gasteiger partial charge in [-0.3, -0.25) is 4.79 Å². The van der Waals surface area contributed by atoms with E-state index < -0.39 is 21.8 Å². The second kappa shape index (κ2) is 11.7. The van der Waals surface area contributed by atoms with Gasteiger partial charge in [0.05, 0.1) is 16.5 Å². The van der Waals surface area contributed by atoms with Gasteiger partial charge in [-0.25, -0.2) is 12.7 Å². The lowest BCUT2D eigenvalue weighted by Gasteiger charge is -2.28. The van der Waals surface area contributed by atoms with Crippen LogP contribution in [0.25, 0.3) is 10.9 Å². The number of halogens is 1. The van der Waals surface area contributed by atoms with Crippen LogP contribution in [0.2, 0.25) is 0 Å². The zero-order chi connectivity index (χ0) is 28.3. The highest BCUT2D eigenvalue weighted by Crippen LogP contribution is 2.39. The molecule has 4 aromatic carbocycles. The lowest BCUT2D eigenvalue weighted by atomic mass is 9.87. The summed E-state index contributed by atoms with van der Waals surface area (Å²) in [7, 11) is -2.27. The molecule has 0 saturated heterocycles. The van der Waals surface area contributed by atoms with Crippen LogP contribution >= 0.6 is 11.6 Å². The molecule has 1 heterocycles. The molecule has 1 amide bonds. The zero-order valence-electron chi connectivity index (χ0n) is 22.5. The van der Waals surface area contributed by atoms with Crippen molar-refractivity contribution in [3.8, 4) is 0 Å². The largest absolute Gasteiger partial charge is 0.347 e. The summed E-state index contributed by atoms with van der Waals surface area (Å²) in [6, 6.07) is 32.5. The van der Waals surface area contributed by atoms with E-state index in [-0.39, 0.29) is 10.6 Å². The molecular formula is C33H31ClN2O3S. The molecule has 0 radical (unpaired) electrons. The number of carbonyl (C=O) groups is 1. The van der Waals surface area contributed by atoms with Crippen LogP contribution in [0.15, 0.2) is 114 Å². The van der Waals surface area contributed by atoms with Gasteiger partial charge in [0.2, 0.25) is 0 Å². The third-order valence-corrected chi connectivity index (χ3v) is 9.24. The van der Waals surface area contributed by atoms with E-state index in [1.807, 2.05) is 68.6 Å². The number of hydrogen-bond donors (Lipinski definition) is 0. The minimum atomic E-state index is -4.25. The molecule has 1 unspecified atom stereocenters. The molecule has 0 bridgehead atoms. The Morgan fingerprint density at radius 1 is 0.850 bits per heavy atom. The number of benzene rings is 4. The molecule has 0 aliphatic heterocycles. The van der Waals surface area contributed by atoms with Crippen LogP contribution in [-0.2, 0) is 28.3 Å². The molecule has 1 atom stereocenters. The number of anilines is 1. The van der Waals surface area contributed by atoms with Crippen LogP contribution < -0.4 is 4.31 Å². The van der Waals surface area contributed by atoms with Gasteiger partial charge in [-0.1, -0.05) is 84.4 Å². The Hall–Kier alpha value is -3.87. The van der Waals surface area contributed by atoms with E-state index in [0.29, 0.717) is 12.3 Å². The van der Waals surface area contributed by atoms with Crippen molar-refractivity contribution in [1.82, 2.24) is 4.57 Å². The van der Waals surface area contributed by atoms with Gasteiger partial charge >= 0.3 is 0 Å². The molecule has 0 saturated carbocycles. The fraction of sp³-hybridized carbons (Fsp3) is 0.182. The lowest BCUT2D eigenvalue weighted by molar-refractivity contribution is -0.118. The summed E-state index contributed by atoms with van der Waals surface area (Å²) in [4.78, 5) is 15.0. The minimum absolute atomic E-state index is 0.0578. The number of para-hydroxylation sites is 2. The molecule has 0 aliphatic rings. The molecule has 1 aromatic heterocycles. The molecule has 204 valence electrons. The predicted octanol–water partition coefficient (Wildman–Crippen LogP) is 7.21. The average molecular weight is 571 g/mol. The first-order valence-electron chi connectivity index (χ1n) is 13.2. The van der Waals surface area contributed by atoms with E-state index in [0.717, 1.165) is 44.0 Å². The molecule has 5 nitrogen and oxygen atoms in total. The van der Waals surface area contributed by atoms with E-state index in [1.165, 1.54) is 0 Å². The van der Waals surface area contributed by atoms with Crippen molar-refractivity contribution in [3.63, 3.8) is 0 Å². The van der Waals surface area contributed by atoms with Gasteiger partial charge in [-0.2, -0.15) is 0 Å². The third kappa shape index (κ3) is 5.17. The van der Waals surface area contributed by atoms with E-state index in [9.17, 15) is 13.2 Å². The zero-order valence-corrected chi connectivity index (χ0v) is 24.1. The van der Waals surface area contributed by atoms with E-state index in [4.69, 9.17) is 11.6 Å². The van der Waals surface area contributed by atoms with Crippen LogP contribution in [0.1, 0.15) is 34.7 Å². The van der Waals surface area contributed by atoms with Gasteiger partial charge in [0.1, 0.15) is 0 Å². The van der Waals surface area contributed by atoms with E-state index >= 15 is 0 Å². The number of aryl methyl sites for hydroxylation is 2. The standard InChI is InChI=1S/C33H31ClN2O3S/c1-24-19-21-27(22-20-24)40(38,39)36(26-14-7-4-8-15-26)33(37)31(25-12-5-3-6-13-25)32-28-16-9-10-17-29(28)35(2)30(32)18-11-23-34/h3-10,12-17,19-22,31H,11,18,23H2,1-2H3. The van der Waals surface area contributed by atoms with E-state index in [1.54, 1.807) is 54.6 Å². The summed E-state index contributed by atoms with van der Waals surface area (Å²) in [5.74, 6) is -0.942. The topological polar surface area (TPSA) is 59.4 Å². The molecule has 5 aromatic rings. The summed E-state index contributed by atoms with van der Waals surface area (Å²) < 4.78 is 31.6. The highest BCUT2D eigenvalue weighted by molar-refractivity contribution is 7.93. The summed E-state index contributed by atoms with van der Waals surface area (Å²) in [5.41, 5.74) is 4.68. The number of rotatable bonds is 9. The van der Waals surface area contributed by atoms with Gasteiger partial charge < -0.3 is 4.57 Å². The number of aromatic nitrogens is 1. The van der Waals surface area contributed by atoms with Gasteiger partial charge in [0.15, 0.2) is 0 Å². The highest BCUT2D eigenvalue weighted by atomic mass is 35.5. The fourth-order valence-electron chi connectivity index (χ4n) is 5.29. The van der Waals surface area contributed by atoms with Gasteiger partial charge in [0.25, 0.3) is 15.9 Å². The molecule has 0 aliphatic carbocycles. The summed E-state index contributed by atoms with van der Waals surface area (Å²) in [5, 5.41) is 0.914. The Bertz CT molecular complexity index is 1730. The summed E-state index contributed by atoms with van der Waals surface area (Å²) in [6.45, 7) is 1.89. The number of alkyl halides is 1. The first-order chi connectivity index (χ1) is 19.3. The fourth-order valence-corrected chi connectivity index (χ4v) is 6.86. The van der Waals surface area contributed by atoms with E-state index in [2.05, 4.69) is 4.57 Å². The molecule has 7 heteroatoms. The summed E-state index contributed by atoms with van der Waals surface area (Å²) in [6.07, 6.45) is 1.37. The van der Waals surface area contributed by atoms with Gasteiger partial charge in [-0.15, -0.1) is 11.6 Å². The Morgan fingerprint density at radius 2 is 1.45 bits per heavy atom. The van der Waals surface area contributed by atoms with Crippen LogP contribution in [0.4, 0.5) is 5.69 Å². The van der Waals surface area contributed by atoms with Crippen molar-refractivity contribution in [2.24, 2.45) is 7.05 Å². The maximum absolute atomic E-state index is 14.9. The molecule has 5 rings (SSSR count). The molecule has 0 fully saturated rings. The van der Waals surface area contributed by atoms with Crippen LogP contribution in [-0.4, -0.2) is 24.8 Å². The monoisotopic (exact) mass is 570 g/mol. The smallest absolute Gasteiger partial charge is 0.270 e. The highest BCUT2D eigenvalue weighted by Gasteiger charge is 2.39. The molecular weight excluding hydrogens is 540 g/mol. The number of amides is 1. The average Bonchev–Trinajstić information content (AvgIpc) is 3.24. The number of fused-ring (bicyclic) bond motifs is 1.